The van der Waals surface area contributed by atoms with Crippen LogP contribution in [0.5, 0.6) is 0 Å². The van der Waals surface area contributed by atoms with Crippen molar-refractivity contribution in [3.63, 3.8) is 0 Å². The summed E-state index contributed by atoms with van der Waals surface area (Å²) in [6.45, 7) is 4.80. The summed E-state index contributed by atoms with van der Waals surface area (Å²) < 4.78 is 0. The molecule has 0 saturated heterocycles. The Labute approximate surface area is 120 Å². The number of aliphatic hydroxyl groups is 1. The number of hydrogen-bond donors (Lipinski definition) is 1. The number of rotatable bonds is 8. The molecule has 0 aliphatic heterocycles. The van der Waals surface area contributed by atoms with Crippen molar-refractivity contribution >= 4 is 17.7 Å². The minimum atomic E-state index is 0.134. The first kappa shape index (κ1) is 16.1. The Morgan fingerprint density at radius 2 is 2.00 bits per heavy atom. The minimum Gasteiger partial charge on any atom is -0.396 e. The lowest BCUT2D eigenvalue weighted by molar-refractivity contribution is -0.132. The molecule has 0 heterocycles. The zero-order valence-electron chi connectivity index (χ0n) is 11.7. The molecule has 0 aliphatic rings. The van der Waals surface area contributed by atoms with E-state index in [9.17, 15) is 4.79 Å². The molecular weight excluding hydrogens is 258 g/mol. The van der Waals surface area contributed by atoms with E-state index in [1.165, 1.54) is 4.90 Å². The summed E-state index contributed by atoms with van der Waals surface area (Å²) in [5, 5.41) is 8.86. The summed E-state index contributed by atoms with van der Waals surface area (Å²) >= 11 is 1.70. The molecule has 0 aromatic heterocycles. The summed E-state index contributed by atoms with van der Waals surface area (Å²) in [6, 6.07) is 10.3. The van der Waals surface area contributed by atoms with Crippen molar-refractivity contribution in [2.45, 2.75) is 37.6 Å². The van der Waals surface area contributed by atoms with Crippen LogP contribution in [0.4, 0.5) is 0 Å². The Bertz CT molecular complexity index is 368. The van der Waals surface area contributed by atoms with Crippen molar-refractivity contribution in [1.82, 2.24) is 4.90 Å². The normalized spacial score (nSPS) is 10.7. The van der Waals surface area contributed by atoms with E-state index in [0.29, 0.717) is 19.4 Å². The van der Waals surface area contributed by atoms with E-state index < -0.39 is 0 Å². The van der Waals surface area contributed by atoms with Crippen molar-refractivity contribution < 1.29 is 9.90 Å². The molecule has 1 aromatic carbocycles. The van der Waals surface area contributed by atoms with E-state index in [0.717, 1.165) is 5.75 Å². The molecular formula is C15H23NO2S. The fourth-order valence-corrected chi connectivity index (χ4v) is 2.69. The predicted octanol–water partition coefficient (Wildman–Crippen LogP) is 2.79. The highest BCUT2D eigenvalue weighted by Crippen LogP contribution is 2.18. The van der Waals surface area contributed by atoms with Gasteiger partial charge in [0.15, 0.2) is 0 Å². The quantitative estimate of drug-likeness (QED) is 0.745. The first-order valence-corrected chi connectivity index (χ1v) is 7.72. The monoisotopic (exact) mass is 281 g/mol. The van der Waals surface area contributed by atoms with E-state index in [-0.39, 0.29) is 18.6 Å². The number of aliphatic hydroxyl groups excluding tert-OH is 1. The second-order valence-corrected chi connectivity index (χ2v) is 5.84. The highest BCUT2D eigenvalue weighted by atomic mass is 32.2. The lowest BCUT2D eigenvalue weighted by atomic mass is 10.2. The average Bonchev–Trinajstić information content (AvgIpc) is 2.40. The Morgan fingerprint density at radius 1 is 1.32 bits per heavy atom. The molecule has 1 rings (SSSR count). The van der Waals surface area contributed by atoms with Gasteiger partial charge in [-0.25, -0.2) is 0 Å². The van der Waals surface area contributed by atoms with Crippen LogP contribution in [0.2, 0.25) is 0 Å². The van der Waals surface area contributed by atoms with Crippen LogP contribution in [-0.2, 0) is 4.79 Å². The van der Waals surface area contributed by atoms with E-state index in [2.05, 4.69) is 12.1 Å². The molecule has 0 unspecified atom stereocenters. The van der Waals surface area contributed by atoms with Gasteiger partial charge in [-0.05, 0) is 32.4 Å². The fourth-order valence-electron chi connectivity index (χ4n) is 1.83. The molecule has 0 fully saturated rings. The third kappa shape index (κ3) is 6.12. The zero-order chi connectivity index (χ0) is 14.1. The second kappa shape index (κ2) is 8.99. The first-order valence-electron chi connectivity index (χ1n) is 6.73. The maximum absolute atomic E-state index is 12.1. The Hall–Kier alpha value is -1.00. The van der Waals surface area contributed by atoms with Crippen molar-refractivity contribution in [2.24, 2.45) is 0 Å². The molecule has 0 spiro atoms. The van der Waals surface area contributed by atoms with Crippen LogP contribution < -0.4 is 0 Å². The summed E-state index contributed by atoms with van der Waals surface area (Å²) in [4.78, 5) is 15.2. The first-order chi connectivity index (χ1) is 9.15. The number of carbonyl (C=O) groups excluding carboxylic acids is 1. The second-order valence-electron chi connectivity index (χ2n) is 4.67. The van der Waals surface area contributed by atoms with Crippen molar-refractivity contribution in [2.75, 3.05) is 18.9 Å². The van der Waals surface area contributed by atoms with Crippen LogP contribution in [0.15, 0.2) is 35.2 Å². The summed E-state index contributed by atoms with van der Waals surface area (Å²) in [5.41, 5.74) is 0. The molecule has 0 saturated carbocycles. The van der Waals surface area contributed by atoms with Gasteiger partial charge in [0.25, 0.3) is 0 Å². The van der Waals surface area contributed by atoms with E-state index in [1.807, 2.05) is 36.9 Å². The fraction of sp³-hybridized carbons (Fsp3) is 0.533. The number of nitrogens with zero attached hydrogens (tertiary/aromatic N) is 1. The van der Waals surface area contributed by atoms with Crippen LogP contribution in [0.25, 0.3) is 0 Å². The molecule has 1 N–H and O–H groups in total. The molecule has 4 heteroatoms. The predicted molar refractivity (Wildman–Crippen MR) is 80.3 cm³/mol. The standard InChI is InChI=1S/C15H23NO2S/c1-13(2)16(10-6-11-17)15(18)9-12-19-14-7-4-3-5-8-14/h3-5,7-8,13,17H,6,9-12H2,1-2H3. The molecule has 0 radical (unpaired) electrons. The summed E-state index contributed by atoms with van der Waals surface area (Å²) in [6.07, 6.45) is 1.19. The third-order valence-corrected chi connectivity index (χ3v) is 3.84. The molecule has 1 amide bonds. The topological polar surface area (TPSA) is 40.5 Å². The zero-order valence-corrected chi connectivity index (χ0v) is 12.5. The minimum absolute atomic E-state index is 0.134. The molecule has 0 bridgehead atoms. The van der Waals surface area contributed by atoms with Gasteiger partial charge in [-0.15, -0.1) is 11.8 Å². The van der Waals surface area contributed by atoms with Crippen molar-refractivity contribution in [3.05, 3.63) is 30.3 Å². The van der Waals surface area contributed by atoms with Gasteiger partial charge in [-0.1, -0.05) is 18.2 Å². The van der Waals surface area contributed by atoms with Crippen molar-refractivity contribution in [1.29, 1.82) is 0 Å². The highest BCUT2D eigenvalue weighted by molar-refractivity contribution is 7.99. The van der Waals surface area contributed by atoms with Gasteiger partial charge in [0.05, 0.1) is 0 Å². The molecule has 19 heavy (non-hydrogen) atoms. The SMILES string of the molecule is CC(C)N(CCCO)C(=O)CCSc1ccccc1. The third-order valence-electron chi connectivity index (χ3n) is 2.83. The van der Waals surface area contributed by atoms with Crippen LogP contribution in [0.1, 0.15) is 26.7 Å². The maximum atomic E-state index is 12.1. The molecule has 0 aliphatic carbocycles. The average molecular weight is 281 g/mol. The van der Waals surface area contributed by atoms with Crippen LogP contribution in [-0.4, -0.2) is 40.9 Å². The van der Waals surface area contributed by atoms with Gasteiger partial charge in [-0.3, -0.25) is 4.79 Å². The van der Waals surface area contributed by atoms with Gasteiger partial charge in [-0.2, -0.15) is 0 Å². The van der Waals surface area contributed by atoms with E-state index in [1.54, 1.807) is 11.8 Å². The van der Waals surface area contributed by atoms with Crippen molar-refractivity contribution in [3.8, 4) is 0 Å². The lowest BCUT2D eigenvalue weighted by Gasteiger charge is -2.26. The van der Waals surface area contributed by atoms with Gasteiger partial charge >= 0.3 is 0 Å². The lowest BCUT2D eigenvalue weighted by Crippen LogP contribution is -2.38. The van der Waals surface area contributed by atoms with E-state index in [4.69, 9.17) is 5.11 Å². The number of carbonyl (C=O) groups is 1. The van der Waals surface area contributed by atoms with Crippen LogP contribution in [0, 0.1) is 0 Å². The summed E-state index contributed by atoms with van der Waals surface area (Å²) in [5.74, 6) is 0.970. The van der Waals surface area contributed by atoms with Gasteiger partial charge in [0.1, 0.15) is 0 Å². The van der Waals surface area contributed by atoms with E-state index >= 15 is 0 Å². The maximum Gasteiger partial charge on any atom is 0.223 e. The van der Waals surface area contributed by atoms with Crippen LogP contribution in [0.3, 0.4) is 0 Å². The summed E-state index contributed by atoms with van der Waals surface area (Å²) in [7, 11) is 0. The number of thioether (sulfide) groups is 1. The number of hydrogen-bond acceptors (Lipinski definition) is 3. The molecule has 3 nitrogen and oxygen atoms in total. The number of amides is 1. The highest BCUT2D eigenvalue weighted by Gasteiger charge is 2.15. The molecule has 106 valence electrons. The van der Waals surface area contributed by atoms with Crippen LogP contribution >= 0.6 is 11.8 Å². The van der Waals surface area contributed by atoms with Gasteiger partial charge in [0.2, 0.25) is 5.91 Å². The Morgan fingerprint density at radius 3 is 2.58 bits per heavy atom. The van der Waals surface area contributed by atoms with Gasteiger partial charge < -0.3 is 10.0 Å². The number of benzene rings is 1. The molecule has 1 aromatic rings. The smallest absolute Gasteiger partial charge is 0.223 e. The Kier molecular flexibility index (Phi) is 7.60. The molecule has 0 atom stereocenters. The van der Waals surface area contributed by atoms with Gasteiger partial charge in [0, 0.05) is 36.3 Å². The Balaban J connectivity index is 2.35. The largest absolute Gasteiger partial charge is 0.396 e.